The third-order valence-electron chi connectivity index (χ3n) is 4.00. The first-order valence-electron chi connectivity index (χ1n) is 8.21. The second kappa shape index (κ2) is 7.85. The third-order valence-corrected chi connectivity index (χ3v) is 5.56. The van der Waals surface area contributed by atoms with Crippen molar-refractivity contribution < 1.29 is 27.4 Å². The normalized spacial score (nSPS) is 13.9. The molecule has 1 heterocycles. The van der Waals surface area contributed by atoms with Crippen LogP contribution in [0.3, 0.4) is 0 Å². The summed E-state index contributed by atoms with van der Waals surface area (Å²) in [5.74, 6) is 1.38. The van der Waals surface area contributed by atoms with Crippen LogP contribution in [-0.2, 0) is 21.4 Å². The maximum absolute atomic E-state index is 12.4. The molecule has 0 unspecified atom stereocenters. The number of fused-ring (bicyclic) bond motifs is 1. The highest BCUT2D eigenvalue weighted by Gasteiger charge is 2.22. The molecule has 1 amide bonds. The fraction of sp³-hybridized carbons (Fsp3) is 0.278. The fourth-order valence-electron chi connectivity index (χ4n) is 2.50. The lowest BCUT2D eigenvalue weighted by Crippen LogP contribution is -2.44. The van der Waals surface area contributed by atoms with Crippen molar-refractivity contribution >= 4 is 15.9 Å². The van der Waals surface area contributed by atoms with Crippen molar-refractivity contribution in [1.82, 2.24) is 10.0 Å². The van der Waals surface area contributed by atoms with Crippen molar-refractivity contribution in [1.29, 1.82) is 0 Å². The number of rotatable bonds is 7. The summed E-state index contributed by atoms with van der Waals surface area (Å²) in [6.45, 7) is 1.90. The molecule has 9 heteroatoms. The monoisotopic (exact) mass is 392 g/mol. The van der Waals surface area contributed by atoms with E-state index < -0.39 is 22.0 Å². The predicted octanol–water partition coefficient (Wildman–Crippen LogP) is 1.41. The quantitative estimate of drug-likeness (QED) is 0.739. The van der Waals surface area contributed by atoms with Gasteiger partial charge in [-0.15, -0.1) is 0 Å². The van der Waals surface area contributed by atoms with E-state index in [-0.39, 0.29) is 18.2 Å². The summed E-state index contributed by atoms with van der Waals surface area (Å²) in [4.78, 5) is 12.3. The molecule has 0 spiro atoms. The van der Waals surface area contributed by atoms with E-state index in [1.54, 1.807) is 30.3 Å². The smallest absolute Gasteiger partial charge is 0.241 e. The molecule has 0 aliphatic carbocycles. The Bertz CT molecular complexity index is 927. The van der Waals surface area contributed by atoms with Crippen LogP contribution in [0, 0.1) is 0 Å². The number of amides is 1. The molecule has 0 radical (unpaired) electrons. The summed E-state index contributed by atoms with van der Waals surface area (Å²) in [5.41, 5.74) is 0.817. The zero-order valence-electron chi connectivity index (χ0n) is 14.9. The van der Waals surface area contributed by atoms with Crippen LogP contribution >= 0.6 is 0 Å². The van der Waals surface area contributed by atoms with Gasteiger partial charge in [0.05, 0.1) is 18.0 Å². The highest BCUT2D eigenvalue weighted by molar-refractivity contribution is 7.89. The molecule has 2 aromatic rings. The number of nitrogens with one attached hydrogen (secondary N) is 2. The molecule has 2 aromatic carbocycles. The summed E-state index contributed by atoms with van der Waals surface area (Å²) < 4.78 is 42.7. The number of sulfonamides is 1. The lowest BCUT2D eigenvalue weighted by molar-refractivity contribution is -0.122. The van der Waals surface area contributed by atoms with Crippen LogP contribution in [0.25, 0.3) is 0 Å². The summed E-state index contributed by atoms with van der Waals surface area (Å²) in [6.07, 6.45) is 0. The summed E-state index contributed by atoms with van der Waals surface area (Å²) in [7, 11) is -2.33. The number of benzene rings is 2. The van der Waals surface area contributed by atoms with E-state index in [0.29, 0.717) is 17.2 Å². The van der Waals surface area contributed by atoms with Crippen LogP contribution < -0.4 is 24.2 Å². The van der Waals surface area contributed by atoms with Crippen molar-refractivity contribution in [2.45, 2.75) is 24.4 Å². The summed E-state index contributed by atoms with van der Waals surface area (Å²) in [5, 5.41) is 2.70. The molecular weight excluding hydrogens is 372 g/mol. The molecule has 27 heavy (non-hydrogen) atoms. The number of carbonyl (C=O) groups is 1. The van der Waals surface area contributed by atoms with Crippen molar-refractivity contribution in [3.05, 3.63) is 48.0 Å². The van der Waals surface area contributed by atoms with Crippen LogP contribution in [0.4, 0.5) is 0 Å². The Balaban J connectivity index is 1.58. The summed E-state index contributed by atoms with van der Waals surface area (Å²) in [6, 6.07) is 10.3. The minimum Gasteiger partial charge on any atom is -0.497 e. The van der Waals surface area contributed by atoms with Gasteiger partial charge in [0.15, 0.2) is 11.5 Å². The van der Waals surface area contributed by atoms with Gasteiger partial charge in [-0.25, -0.2) is 8.42 Å². The molecule has 0 saturated carbocycles. The van der Waals surface area contributed by atoms with E-state index in [1.807, 2.05) is 0 Å². The SMILES string of the molecule is COc1ccc(S(=O)(=O)N[C@H](C)C(=O)NCc2ccc3c(c2)OCO3)cc1. The maximum atomic E-state index is 12.4. The van der Waals surface area contributed by atoms with E-state index in [4.69, 9.17) is 14.2 Å². The first-order valence-corrected chi connectivity index (χ1v) is 9.70. The Morgan fingerprint density at radius 1 is 1.15 bits per heavy atom. The standard InChI is InChI=1S/C18H20N2O6S/c1-12(20-27(22,23)15-6-4-14(24-2)5-7-15)18(21)19-10-13-3-8-16-17(9-13)26-11-25-16/h3-9,12,20H,10-11H2,1-2H3,(H,19,21)/t12-/m1/s1. The molecule has 0 aromatic heterocycles. The predicted molar refractivity (Wildman–Crippen MR) is 97.2 cm³/mol. The minimum atomic E-state index is -3.82. The fourth-order valence-corrected chi connectivity index (χ4v) is 3.71. The highest BCUT2D eigenvalue weighted by Crippen LogP contribution is 2.32. The Kier molecular flexibility index (Phi) is 5.52. The highest BCUT2D eigenvalue weighted by atomic mass is 32.2. The number of carbonyl (C=O) groups excluding carboxylic acids is 1. The van der Waals surface area contributed by atoms with E-state index >= 15 is 0 Å². The van der Waals surface area contributed by atoms with Gasteiger partial charge < -0.3 is 19.5 Å². The average Bonchev–Trinajstić information content (AvgIpc) is 3.13. The molecule has 0 saturated heterocycles. The summed E-state index contributed by atoms with van der Waals surface area (Å²) >= 11 is 0. The van der Waals surface area contributed by atoms with E-state index in [1.165, 1.54) is 26.2 Å². The molecule has 2 N–H and O–H groups in total. The molecule has 0 fully saturated rings. The van der Waals surface area contributed by atoms with Gasteiger partial charge in [0.1, 0.15) is 5.75 Å². The first-order chi connectivity index (χ1) is 12.9. The van der Waals surface area contributed by atoms with Crippen LogP contribution in [0.1, 0.15) is 12.5 Å². The second-order valence-electron chi connectivity index (χ2n) is 5.92. The van der Waals surface area contributed by atoms with Gasteiger partial charge >= 0.3 is 0 Å². The number of ether oxygens (including phenoxy) is 3. The Morgan fingerprint density at radius 3 is 2.56 bits per heavy atom. The first kappa shape index (κ1) is 19.0. The largest absolute Gasteiger partial charge is 0.497 e. The number of hydrogen-bond donors (Lipinski definition) is 2. The van der Waals surface area contributed by atoms with E-state index in [0.717, 1.165) is 5.56 Å². The Morgan fingerprint density at radius 2 is 1.85 bits per heavy atom. The molecular formula is C18H20N2O6S. The number of hydrogen-bond acceptors (Lipinski definition) is 6. The van der Waals surface area contributed by atoms with Gasteiger partial charge in [-0.1, -0.05) is 6.07 Å². The van der Waals surface area contributed by atoms with Crippen LogP contribution in [-0.4, -0.2) is 34.3 Å². The van der Waals surface area contributed by atoms with Crippen molar-refractivity contribution in [3.8, 4) is 17.2 Å². The third kappa shape index (κ3) is 4.50. The molecule has 0 bridgehead atoms. The van der Waals surface area contributed by atoms with Gasteiger partial charge in [0.2, 0.25) is 22.7 Å². The van der Waals surface area contributed by atoms with Gasteiger partial charge in [0.25, 0.3) is 0 Å². The Hall–Kier alpha value is -2.78. The van der Waals surface area contributed by atoms with E-state index in [9.17, 15) is 13.2 Å². The van der Waals surface area contributed by atoms with Crippen molar-refractivity contribution in [2.24, 2.45) is 0 Å². The van der Waals surface area contributed by atoms with Gasteiger partial charge in [-0.05, 0) is 48.9 Å². The zero-order chi connectivity index (χ0) is 19.4. The van der Waals surface area contributed by atoms with Crippen LogP contribution in [0.15, 0.2) is 47.4 Å². The second-order valence-corrected chi connectivity index (χ2v) is 7.64. The van der Waals surface area contributed by atoms with Gasteiger partial charge in [0, 0.05) is 6.54 Å². The minimum absolute atomic E-state index is 0.0544. The molecule has 1 aliphatic heterocycles. The molecule has 144 valence electrons. The van der Waals surface area contributed by atoms with Crippen molar-refractivity contribution in [2.75, 3.05) is 13.9 Å². The Labute approximate surface area is 157 Å². The molecule has 1 atom stereocenters. The molecule has 8 nitrogen and oxygen atoms in total. The molecule has 3 rings (SSSR count). The van der Waals surface area contributed by atoms with E-state index in [2.05, 4.69) is 10.0 Å². The average molecular weight is 392 g/mol. The van der Waals surface area contributed by atoms with Crippen LogP contribution in [0.2, 0.25) is 0 Å². The lowest BCUT2D eigenvalue weighted by Gasteiger charge is -2.15. The number of methoxy groups -OCH3 is 1. The zero-order valence-corrected chi connectivity index (χ0v) is 15.7. The topological polar surface area (TPSA) is 103 Å². The van der Waals surface area contributed by atoms with Gasteiger partial charge in [-0.3, -0.25) is 4.79 Å². The lowest BCUT2D eigenvalue weighted by atomic mass is 10.2. The maximum Gasteiger partial charge on any atom is 0.241 e. The van der Waals surface area contributed by atoms with Gasteiger partial charge in [-0.2, -0.15) is 4.72 Å². The molecule has 1 aliphatic rings. The van der Waals surface area contributed by atoms with Crippen molar-refractivity contribution in [3.63, 3.8) is 0 Å². The van der Waals surface area contributed by atoms with Crippen LogP contribution in [0.5, 0.6) is 17.2 Å².